The topological polar surface area (TPSA) is 85.6 Å². The van der Waals surface area contributed by atoms with Crippen LogP contribution in [-0.4, -0.2) is 33.4 Å². The molecule has 3 aromatic rings. The molecular weight excluding hydrogens is 332 g/mol. The number of benzene rings is 1. The zero-order chi connectivity index (χ0) is 18.4. The number of rotatable bonds is 8. The highest BCUT2D eigenvalue weighted by atomic mass is 16.5. The van der Waals surface area contributed by atoms with Crippen molar-refractivity contribution in [2.24, 2.45) is 0 Å². The van der Waals surface area contributed by atoms with Crippen LogP contribution >= 0.6 is 0 Å². The van der Waals surface area contributed by atoms with Crippen molar-refractivity contribution >= 4 is 17.3 Å². The van der Waals surface area contributed by atoms with Crippen molar-refractivity contribution in [3.05, 3.63) is 60.0 Å². The number of ketones is 1. The Bertz CT molecular complexity index is 903. The molecule has 0 aliphatic heterocycles. The third-order valence-corrected chi connectivity index (χ3v) is 4.05. The van der Waals surface area contributed by atoms with Gasteiger partial charge in [-0.3, -0.25) is 14.0 Å². The standard InChI is InChI=1S/C19H20N4O3/c1-26-15-10-8-14(9-11-15)16(24)5-4-7-19(25)20-13-18-22-21-17-6-2-3-12-23(17)18/h2-3,6,8-12H,4-5,7,13H2,1H3,(H,20,25). The number of hydrogen-bond donors (Lipinski definition) is 1. The Labute approximate surface area is 151 Å². The average molecular weight is 352 g/mol. The van der Waals surface area contributed by atoms with E-state index in [1.807, 2.05) is 28.8 Å². The lowest BCUT2D eigenvalue weighted by molar-refractivity contribution is -0.121. The molecule has 0 bridgehead atoms. The summed E-state index contributed by atoms with van der Waals surface area (Å²) < 4.78 is 6.90. The molecule has 0 saturated heterocycles. The van der Waals surface area contributed by atoms with Gasteiger partial charge in [0.1, 0.15) is 5.75 Å². The van der Waals surface area contributed by atoms with Gasteiger partial charge in [0.2, 0.25) is 5.91 Å². The molecule has 0 radical (unpaired) electrons. The number of aromatic nitrogens is 3. The maximum Gasteiger partial charge on any atom is 0.220 e. The number of nitrogens with one attached hydrogen (secondary N) is 1. The van der Waals surface area contributed by atoms with Crippen LogP contribution in [0.15, 0.2) is 48.7 Å². The van der Waals surface area contributed by atoms with Crippen molar-refractivity contribution in [3.63, 3.8) is 0 Å². The first-order valence-corrected chi connectivity index (χ1v) is 8.40. The number of hydrogen-bond acceptors (Lipinski definition) is 5. The zero-order valence-corrected chi connectivity index (χ0v) is 14.5. The largest absolute Gasteiger partial charge is 0.497 e. The van der Waals surface area contributed by atoms with Crippen molar-refractivity contribution in [1.82, 2.24) is 19.9 Å². The van der Waals surface area contributed by atoms with E-state index in [9.17, 15) is 9.59 Å². The molecule has 2 heterocycles. The van der Waals surface area contributed by atoms with E-state index < -0.39 is 0 Å². The van der Waals surface area contributed by atoms with Crippen LogP contribution in [0.2, 0.25) is 0 Å². The van der Waals surface area contributed by atoms with Gasteiger partial charge in [-0.05, 0) is 42.8 Å². The summed E-state index contributed by atoms with van der Waals surface area (Å²) in [7, 11) is 1.58. The molecule has 1 N–H and O–H groups in total. The summed E-state index contributed by atoms with van der Waals surface area (Å²) >= 11 is 0. The smallest absolute Gasteiger partial charge is 0.220 e. The fourth-order valence-electron chi connectivity index (χ4n) is 2.61. The summed E-state index contributed by atoms with van der Waals surface area (Å²) in [6.07, 6.45) is 2.97. The van der Waals surface area contributed by atoms with Crippen LogP contribution in [0.5, 0.6) is 5.75 Å². The molecular formula is C19H20N4O3. The lowest BCUT2D eigenvalue weighted by Gasteiger charge is -2.05. The number of ether oxygens (including phenoxy) is 1. The van der Waals surface area contributed by atoms with Gasteiger partial charge >= 0.3 is 0 Å². The quantitative estimate of drug-likeness (QED) is 0.629. The van der Waals surface area contributed by atoms with Crippen molar-refractivity contribution in [1.29, 1.82) is 0 Å². The minimum atomic E-state index is -0.111. The number of nitrogens with zero attached hydrogens (tertiary/aromatic N) is 3. The SMILES string of the molecule is COc1ccc(C(=O)CCCC(=O)NCc2nnc3ccccn23)cc1. The van der Waals surface area contributed by atoms with Gasteiger partial charge in [0.05, 0.1) is 13.7 Å². The van der Waals surface area contributed by atoms with Gasteiger partial charge < -0.3 is 10.1 Å². The number of carbonyl (C=O) groups is 2. The van der Waals surface area contributed by atoms with Crippen LogP contribution in [0.1, 0.15) is 35.4 Å². The maximum absolute atomic E-state index is 12.1. The summed E-state index contributed by atoms with van der Waals surface area (Å²) in [5.74, 6) is 1.29. The first-order chi connectivity index (χ1) is 12.7. The molecule has 7 heteroatoms. The molecule has 0 saturated carbocycles. The molecule has 26 heavy (non-hydrogen) atoms. The van der Waals surface area contributed by atoms with Crippen LogP contribution in [0.3, 0.4) is 0 Å². The molecule has 134 valence electrons. The van der Waals surface area contributed by atoms with E-state index in [4.69, 9.17) is 4.74 Å². The van der Waals surface area contributed by atoms with Crippen molar-refractivity contribution in [2.45, 2.75) is 25.8 Å². The molecule has 0 aliphatic rings. The maximum atomic E-state index is 12.1. The number of carbonyl (C=O) groups excluding carboxylic acids is 2. The van der Waals surface area contributed by atoms with E-state index in [-0.39, 0.29) is 11.7 Å². The molecule has 0 unspecified atom stereocenters. The van der Waals surface area contributed by atoms with Crippen molar-refractivity contribution in [3.8, 4) is 5.75 Å². The molecule has 0 aliphatic carbocycles. The Balaban J connectivity index is 1.43. The molecule has 0 spiro atoms. The van der Waals surface area contributed by atoms with Crippen LogP contribution in [0.4, 0.5) is 0 Å². The van der Waals surface area contributed by atoms with Gasteiger partial charge in [-0.15, -0.1) is 10.2 Å². The number of fused-ring (bicyclic) bond motifs is 1. The molecule has 3 rings (SSSR count). The Hall–Kier alpha value is -3.22. The summed E-state index contributed by atoms with van der Waals surface area (Å²) in [5.41, 5.74) is 1.36. The van der Waals surface area contributed by atoms with Gasteiger partial charge in [0, 0.05) is 24.6 Å². The average Bonchev–Trinajstić information content (AvgIpc) is 3.09. The van der Waals surface area contributed by atoms with Crippen molar-refractivity contribution in [2.75, 3.05) is 7.11 Å². The third-order valence-electron chi connectivity index (χ3n) is 4.05. The minimum Gasteiger partial charge on any atom is -0.497 e. The molecule has 0 atom stereocenters. The highest BCUT2D eigenvalue weighted by Crippen LogP contribution is 2.13. The predicted molar refractivity (Wildman–Crippen MR) is 96.0 cm³/mol. The lowest BCUT2D eigenvalue weighted by Crippen LogP contribution is -2.23. The van der Waals surface area contributed by atoms with E-state index in [0.29, 0.717) is 42.9 Å². The minimum absolute atomic E-state index is 0.0175. The number of amides is 1. The van der Waals surface area contributed by atoms with Crippen LogP contribution < -0.4 is 10.1 Å². The Morgan fingerprint density at radius 1 is 1.08 bits per heavy atom. The van der Waals surface area contributed by atoms with Gasteiger partial charge in [0.15, 0.2) is 17.3 Å². The zero-order valence-electron chi connectivity index (χ0n) is 14.5. The monoisotopic (exact) mass is 352 g/mol. The second-order valence-electron chi connectivity index (χ2n) is 5.83. The first kappa shape index (κ1) is 17.6. The lowest BCUT2D eigenvalue weighted by atomic mass is 10.1. The van der Waals surface area contributed by atoms with Crippen LogP contribution in [0, 0.1) is 0 Å². The normalized spacial score (nSPS) is 10.7. The van der Waals surface area contributed by atoms with Gasteiger partial charge in [-0.2, -0.15) is 0 Å². The fourth-order valence-corrected chi connectivity index (χ4v) is 2.61. The van der Waals surface area contributed by atoms with E-state index in [2.05, 4.69) is 15.5 Å². The highest BCUT2D eigenvalue weighted by Gasteiger charge is 2.10. The van der Waals surface area contributed by atoms with Crippen molar-refractivity contribution < 1.29 is 14.3 Å². The molecule has 2 aromatic heterocycles. The summed E-state index contributed by atoms with van der Waals surface area (Å²) in [4.78, 5) is 24.1. The number of methoxy groups -OCH3 is 1. The van der Waals surface area contributed by atoms with Crippen LogP contribution in [-0.2, 0) is 11.3 Å². The molecule has 1 amide bonds. The molecule has 1 aromatic carbocycles. The fraction of sp³-hybridized carbons (Fsp3) is 0.263. The first-order valence-electron chi connectivity index (χ1n) is 8.40. The Morgan fingerprint density at radius 3 is 2.65 bits per heavy atom. The molecule has 0 fully saturated rings. The summed E-state index contributed by atoms with van der Waals surface area (Å²) in [5, 5.41) is 10.9. The number of Topliss-reactive ketones (excluding diaryl/α,β-unsaturated/α-hetero) is 1. The summed E-state index contributed by atoms with van der Waals surface area (Å²) in [6.45, 7) is 0.302. The second kappa shape index (κ2) is 8.24. The van der Waals surface area contributed by atoms with E-state index in [0.717, 1.165) is 5.65 Å². The third kappa shape index (κ3) is 4.24. The highest BCUT2D eigenvalue weighted by molar-refractivity contribution is 5.96. The predicted octanol–water partition coefficient (Wildman–Crippen LogP) is 2.41. The molecule has 7 nitrogen and oxygen atoms in total. The Kier molecular flexibility index (Phi) is 5.58. The van der Waals surface area contributed by atoms with Gasteiger partial charge in [-0.1, -0.05) is 6.07 Å². The van der Waals surface area contributed by atoms with E-state index in [1.165, 1.54) is 0 Å². The van der Waals surface area contributed by atoms with Gasteiger partial charge in [0.25, 0.3) is 0 Å². The van der Waals surface area contributed by atoms with Gasteiger partial charge in [-0.25, -0.2) is 0 Å². The van der Waals surface area contributed by atoms with E-state index in [1.54, 1.807) is 31.4 Å². The van der Waals surface area contributed by atoms with Crippen LogP contribution in [0.25, 0.3) is 5.65 Å². The summed E-state index contributed by atoms with van der Waals surface area (Å²) in [6, 6.07) is 12.6. The second-order valence-corrected chi connectivity index (χ2v) is 5.83. The Morgan fingerprint density at radius 2 is 1.88 bits per heavy atom. The number of pyridine rings is 1. The van der Waals surface area contributed by atoms with E-state index >= 15 is 0 Å².